The van der Waals surface area contributed by atoms with Gasteiger partial charge >= 0.3 is 0 Å². The lowest BCUT2D eigenvalue weighted by Crippen LogP contribution is -2.27. The standard InChI is InChI=1S/C23H27N3O4S/c1-26-22(28)19(14-17-8-4-3-5-9-17)20(16-29-2)25-23(26)31-13-7-11-21(27)24-15-18-10-6-12-30-18/h3-6,8-10,12H,7,11,13-16H2,1-2H3,(H,24,27). The smallest absolute Gasteiger partial charge is 0.257 e. The zero-order valence-corrected chi connectivity index (χ0v) is 18.6. The van der Waals surface area contributed by atoms with Gasteiger partial charge in [-0.05, 0) is 24.1 Å². The van der Waals surface area contributed by atoms with Crippen molar-refractivity contribution in [3.63, 3.8) is 0 Å². The van der Waals surface area contributed by atoms with Crippen molar-refractivity contribution in [1.82, 2.24) is 14.9 Å². The number of benzene rings is 1. The van der Waals surface area contributed by atoms with Crippen LogP contribution in [0, 0.1) is 0 Å². The summed E-state index contributed by atoms with van der Waals surface area (Å²) in [4.78, 5) is 29.7. The van der Waals surface area contributed by atoms with Crippen molar-refractivity contribution >= 4 is 17.7 Å². The van der Waals surface area contributed by atoms with Gasteiger partial charge in [0.05, 0.1) is 25.1 Å². The van der Waals surface area contributed by atoms with Crippen LogP contribution in [-0.4, -0.2) is 28.3 Å². The first kappa shape index (κ1) is 22.8. The number of carbonyl (C=O) groups is 1. The molecular weight excluding hydrogens is 414 g/mol. The topological polar surface area (TPSA) is 86.4 Å². The predicted molar refractivity (Wildman–Crippen MR) is 120 cm³/mol. The van der Waals surface area contributed by atoms with Crippen molar-refractivity contribution in [3.8, 4) is 0 Å². The van der Waals surface area contributed by atoms with E-state index in [1.807, 2.05) is 36.4 Å². The van der Waals surface area contributed by atoms with Crippen LogP contribution in [0.4, 0.5) is 0 Å². The second-order valence-electron chi connectivity index (χ2n) is 7.09. The number of ether oxygens (including phenoxy) is 1. The van der Waals surface area contributed by atoms with E-state index in [9.17, 15) is 9.59 Å². The molecule has 3 rings (SSSR count). The summed E-state index contributed by atoms with van der Waals surface area (Å²) in [5.74, 6) is 1.37. The van der Waals surface area contributed by atoms with Crippen LogP contribution in [0.3, 0.4) is 0 Å². The Morgan fingerprint density at radius 2 is 2.03 bits per heavy atom. The van der Waals surface area contributed by atoms with E-state index < -0.39 is 0 Å². The molecule has 8 heteroatoms. The van der Waals surface area contributed by atoms with E-state index in [1.165, 1.54) is 11.8 Å². The fourth-order valence-corrected chi connectivity index (χ4v) is 4.04. The first-order valence-corrected chi connectivity index (χ1v) is 11.1. The highest BCUT2D eigenvalue weighted by Crippen LogP contribution is 2.19. The van der Waals surface area contributed by atoms with Gasteiger partial charge in [-0.25, -0.2) is 4.98 Å². The summed E-state index contributed by atoms with van der Waals surface area (Å²) in [6.45, 7) is 0.666. The number of rotatable bonds is 11. The molecule has 0 saturated carbocycles. The number of hydrogen-bond acceptors (Lipinski definition) is 6. The molecule has 0 aliphatic carbocycles. The second-order valence-corrected chi connectivity index (χ2v) is 8.15. The van der Waals surface area contributed by atoms with Crippen molar-refractivity contribution in [3.05, 3.63) is 81.7 Å². The molecule has 0 saturated heterocycles. The van der Waals surface area contributed by atoms with Gasteiger partial charge in [-0.15, -0.1) is 0 Å². The highest BCUT2D eigenvalue weighted by Gasteiger charge is 2.16. The summed E-state index contributed by atoms with van der Waals surface area (Å²) in [7, 11) is 3.33. The molecule has 3 aromatic rings. The Balaban J connectivity index is 1.59. The molecule has 0 radical (unpaired) electrons. The van der Waals surface area contributed by atoms with Crippen LogP contribution in [0.1, 0.15) is 35.4 Å². The minimum absolute atomic E-state index is 0.0304. The molecule has 1 amide bonds. The van der Waals surface area contributed by atoms with Crippen LogP contribution in [0.5, 0.6) is 0 Å². The normalized spacial score (nSPS) is 10.9. The summed E-state index contributed by atoms with van der Waals surface area (Å²) in [6, 6.07) is 13.5. The fraction of sp³-hybridized carbons (Fsp3) is 0.348. The Labute approximate surface area is 185 Å². The van der Waals surface area contributed by atoms with Gasteiger partial charge in [-0.3, -0.25) is 14.2 Å². The minimum atomic E-state index is -0.0652. The van der Waals surface area contributed by atoms with Gasteiger partial charge in [0.25, 0.3) is 5.56 Å². The molecule has 0 fully saturated rings. The van der Waals surface area contributed by atoms with Crippen LogP contribution in [0.25, 0.3) is 0 Å². The lowest BCUT2D eigenvalue weighted by molar-refractivity contribution is -0.121. The maximum atomic E-state index is 13.0. The Bertz CT molecular complexity index is 1030. The second kappa shape index (κ2) is 11.5. The Morgan fingerprint density at radius 1 is 1.23 bits per heavy atom. The van der Waals surface area contributed by atoms with E-state index in [1.54, 1.807) is 31.1 Å². The minimum Gasteiger partial charge on any atom is -0.467 e. The van der Waals surface area contributed by atoms with Crippen LogP contribution < -0.4 is 10.9 Å². The summed E-state index contributed by atoms with van der Waals surface area (Å²) >= 11 is 1.47. The highest BCUT2D eigenvalue weighted by molar-refractivity contribution is 7.99. The molecule has 0 bridgehead atoms. The first-order valence-electron chi connectivity index (χ1n) is 10.1. The van der Waals surface area contributed by atoms with Gasteiger partial charge in [0, 0.05) is 38.3 Å². The number of aromatic nitrogens is 2. The summed E-state index contributed by atoms with van der Waals surface area (Å²) < 4.78 is 12.1. The van der Waals surface area contributed by atoms with Crippen molar-refractivity contribution in [2.75, 3.05) is 12.9 Å². The molecule has 1 N–H and O–H groups in total. The van der Waals surface area contributed by atoms with Crippen LogP contribution in [-0.2, 0) is 36.2 Å². The first-order chi connectivity index (χ1) is 15.1. The molecule has 0 aliphatic heterocycles. The number of hydrogen-bond donors (Lipinski definition) is 1. The van der Waals surface area contributed by atoms with E-state index in [0.717, 1.165) is 11.3 Å². The molecule has 2 heterocycles. The van der Waals surface area contributed by atoms with Crippen LogP contribution in [0.15, 0.2) is 63.1 Å². The number of thioether (sulfide) groups is 1. The number of amides is 1. The maximum Gasteiger partial charge on any atom is 0.257 e. The lowest BCUT2D eigenvalue weighted by Gasteiger charge is -2.14. The molecule has 0 unspecified atom stereocenters. The van der Waals surface area contributed by atoms with E-state index in [2.05, 4.69) is 5.32 Å². The quantitative estimate of drug-likeness (QED) is 0.279. The number of nitrogens with one attached hydrogen (secondary N) is 1. The van der Waals surface area contributed by atoms with E-state index in [-0.39, 0.29) is 18.1 Å². The van der Waals surface area contributed by atoms with Crippen molar-refractivity contribution in [1.29, 1.82) is 0 Å². The molecule has 31 heavy (non-hydrogen) atoms. The Hall–Kier alpha value is -2.84. The molecule has 0 spiro atoms. The van der Waals surface area contributed by atoms with Crippen LogP contribution >= 0.6 is 11.8 Å². The van der Waals surface area contributed by atoms with Crippen molar-refractivity contribution in [2.45, 2.75) is 37.6 Å². The van der Waals surface area contributed by atoms with Gasteiger partial charge in [-0.1, -0.05) is 42.1 Å². The number of nitrogens with zero attached hydrogens (tertiary/aromatic N) is 2. The Kier molecular flexibility index (Phi) is 8.49. The zero-order valence-electron chi connectivity index (χ0n) is 17.8. The molecule has 164 valence electrons. The average molecular weight is 442 g/mol. The lowest BCUT2D eigenvalue weighted by atomic mass is 10.0. The molecular formula is C23H27N3O4S. The third-order valence-corrected chi connectivity index (χ3v) is 5.87. The number of methoxy groups -OCH3 is 1. The Morgan fingerprint density at radius 3 is 2.74 bits per heavy atom. The summed E-state index contributed by atoms with van der Waals surface area (Å²) in [6.07, 6.45) is 3.17. The SMILES string of the molecule is COCc1nc(SCCCC(=O)NCc2ccco2)n(C)c(=O)c1Cc1ccccc1. The zero-order chi connectivity index (χ0) is 22.1. The predicted octanol–water partition coefficient (Wildman–Crippen LogP) is 3.30. The van der Waals surface area contributed by atoms with Gasteiger partial charge in [0.2, 0.25) is 5.91 Å². The summed E-state index contributed by atoms with van der Waals surface area (Å²) in [5.41, 5.74) is 2.30. The molecule has 2 aromatic heterocycles. The third-order valence-electron chi connectivity index (χ3n) is 4.75. The average Bonchev–Trinajstić information content (AvgIpc) is 3.30. The highest BCUT2D eigenvalue weighted by atomic mass is 32.2. The molecule has 1 aromatic carbocycles. The third kappa shape index (κ3) is 6.57. The van der Waals surface area contributed by atoms with Gasteiger partial charge in [0.1, 0.15) is 5.76 Å². The molecule has 0 atom stereocenters. The fourth-order valence-electron chi connectivity index (χ4n) is 3.12. The monoisotopic (exact) mass is 441 g/mol. The van der Waals surface area contributed by atoms with Gasteiger partial charge < -0.3 is 14.5 Å². The maximum absolute atomic E-state index is 13.0. The summed E-state index contributed by atoms with van der Waals surface area (Å²) in [5, 5.41) is 3.46. The van der Waals surface area contributed by atoms with Gasteiger partial charge in [0.15, 0.2) is 5.16 Å². The van der Waals surface area contributed by atoms with Crippen molar-refractivity contribution in [2.24, 2.45) is 7.05 Å². The molecule has 7 nitrogen and oxygen atoms in total. The van der Waals surface area contributed by atoms with E-state index in [0.29, 0.717) is 48.0 Å². The van der Waals surface area contributed by atoms with Gasteiger partial charge in [-0.2, -0.15) is 0 Å². The molecule has 0 aliphatic rings. The largest absolute Gasteiger partial charge is 0.467 e. The van der Waals surface area contributed by atoms with Crippen LogP contribution in [0.2, 0.25) is 0 Å². The number of furan rings is 1. The number of carbonyl (C=O) groups excluding carboxylic acids is 1. The van der Waals surface area contributed by atoms with E-state index >= 15 is 0 Å². The van der Waals surface area contributed by atoms with E-state index in [4.69, 9.17) is 14.1 Å². The van der Waals surface area contributed by atoms with Crippen molar-refractivity contribution < 1.29 is 13.9 Å².